The van der Waals surface area contributed by atoms with E-state index in [0.29, 0.717) is 18.0 Å². The molecule has 0 aliphatic carbocycles. The lowest BCUT2D eigenvalue weighted by Crippen LogP contribution is -2.30. The van der Waals surface area contributed by atoms with E-state index in [4.69, 9.17) is 0 Å². The molecule has 1 aromatic heterocycles. The van der Waals surface area contributed by atoms with Crippen molar-refractivity contribution in [3.8, 4) is 0 Å². The molecule has 2 unspecified atom stereocenters. The molecule has 17 heavy (non-hydrogen) atoms. The third-order valence-electron chi connectivity index (χ3n) is 2.28. The van der Waals surface area contributed by atoms with Gasteiger partial charge < -0.3 is 15.0 Å². The van der Waals surface area contributed by atoms with Crippen molar-refractivity contribution < 1.29 is 13.7 Å². The molecule has 0 aliphatic rings. The van der Waals surface area contributed by atoms with Gasteiger partial charge >= 0.3 is 5.97 Å². The number of esters is 1. The summed E-state index contributed by atoms with van der Waals surface area (Å²) in [6, 6.07) is 3.69. The van der Waals surface area contributed by atoms with Crippen LogP contribution in [0.5, 0.6) is 0 Å². The van der Waals surface area contributed by atoms with Crippen molar-refractivity contribution in [1.29, 1.82) is 0 Å². The number of rotatable bonds is 6. The van der Waals surface area contributed by atoms with Crippen LogP contribution >= 0.6 is 0 Å². The predicted molar refractivity (Wildman–Crippen MR) is 67.4 cm³/mol. The van der Waals surface area contributed by atoms with E-state index in [9.17, 15) is 9.00 Å². The van der Waals surface area contributed by atoms with Crippen LogP contribution in [0.2, 0.25) is 0 Å². The first kappa shape index (κ1) is 13.9. The van der Waals surface area contributed by atoms with Gasteiger partial charge in [-0.05, 0) is 19.1 Å². The van der Waals surface area contributed by atoms with Gasteiger partial charge in [-0.3, -0.25) is 4.21 Å². The van der Waals surface area contributed by atoms with Crippen molar-refractivity contribution in [3.05, 3.63) is 23.5 Å². The van der Waals surface area contributed by atoms with E-state index in [-0.39, 0.29) is 12.0 Å². The van der Waals surface area contributed by atoms with Gasteiger partial charge in [-0.15, -0.1) is 0 Å². The molecular weight excluding hydrogens is 240 g/mol. The van der Waals surface area contributed by atoms with Gasteiger partial charge in [-0.2, -0.15) is 0 Å². The maximum absolute atomic E-state index is 11.2. The summed E-state index contributed by atoms with van der Waals surface area (Å²) in [7, 11) is 0.543. The molecule has 1 aromatic rings. The van der Waals surface area contributed by atoms with E-state index in [2.05, 4.69) is 15.0 Å². The van der Waals surface area contributed by atoms with Gasteiger partial charge in [0.25, 0.3) is 0 Å². The number of hydrogen-bond acceptors (Lipinski definition) is 4. The lowest BCUT2D eigenvalue weighted by molar-refractivity contribution is 0.0594. The number of aromatic amines is 1. The summed E-state index contributed by atoms with van der Waals surface area (Å²) < 4.78 is 15.6. The molecule has 5 nitrogen and oxygen atoms in total. The molecular formula is C11H18N2O3S. The Morgan fingerprint density at radius 3 is 2.88 bits per heavy atom. The summed E-state index contributed by atoms with van der Waals surface area (Å²) in [4.78, 5) is 14.2. The molecule has 1 rings (SSSR count). The molecule has 0 fully saturated rings. The lowest BCUT2D eigenvalue weighted by Gasteiger charge is -2.11. The number of hydrogen-bond donors (Lipinski definition) is 2. The van der Waals surface area contributed by atoms with Crippen molar-refractivity contribution >= 4 is 16.8 Å². The maximum Gasteiger partial charge on any atom is 0.354 e. The van der Waals surface area contributed by atoms with E-state index < -0.39 is 10.8 Å². The number of H-pyrrole nitrogens is 1. The molecule has 0 saturated carbocycles. The first-order valence-corrected chi connectivity index (χ1v) is 7.05. The zero-order valence-corrected chi connectivity index (χ0v) is 11.1. The maximum atomic E-state index is 11.2. The van der Waals surface area contributed by atoms with Gasteiger partial charge in [0.1, 0.15) is 5.69 Å². The van der Waals surface area contributed by atoms with Crippen molar-refractivity contribution in [3.63, 3.8) is 0 Å². The number of nitrogens with one attached hydrogen (secondary N) is 2. The first-order valence-electron chi connectivity index (χ1n) is 5.32. The van der Waals surface area contributed by atoms with E-state index >= 15 is 0 Å². The molecule has 0 aromatic carbocycles. The normalized spacial score (nSPS) is 14.3. The molecule has 0 spiro atoms. The molecule has 1 heterocycles. The molecule has 0 amide bonds. The van der Waals surface area contributed by atoms with Gasteiger partial charge in [0.15, 0.2) is 0 Å². The summed E-state index contributed by atoms with van der Waals surface area (Å²) in [5.74, 6) is 0.240. The van der Waals surface area contributed by atoms with Crippen LogP contribution in [0.1, 0.15) is 23.1 Å². The highest BCUT2D eigenvalue weighted by Gasteiger charge is 2.09. The van der Waals surface area contributed by atoms with E-state index in [0.717, 1.165) is 5.69 Å². The zero-order chi connectivity index (χ0) is 12.8. The largest absolute Gasteiger partial charge is 0.464 e. The molecule has 0 radical (unpaired) electrons. The molecule has 2 atom stereocenters. The molecule has 96 valence electrons. The van der Waals surface area contributed by atoms with Crippen LogP contribution in [0.3, 0.4) is 0 Å². The van der Waals surface area contributed by atoms with Crippen LogP contribution < -0.4 is 5.32 Å². The minimum absolute atomic E-state index is 0.172. The Morgan fingerprint density at radius 2 is 2.29 bits per heavy atom. The fraction of sp³-hybridized carbons (Fsp3) is 0.545. The van der Waals surface area contributed by atoms with Crippen molar-refractivity contribution in [2.45, 2.75) is 19.5 Å². The SMILES string of the molecule is COC(=O)c1ccc(CNC(C)CS(C)=O)[nH]1. The van der Waals surface area contributed by atoms with Crippen LogP contribution in [-0.2, 0) is 22.1 Å². The minimum atomic E-state index is -0.804. The topological polar surface area (TPSA) is 71.2 Å². The summed E-state index contributed by atoms with van der Waals surface area (Å²) in [5.41, 5.74) is 1.34. The van der Waals surface area contributed by atoms with Crippen LogP contribution in [0, 0.1) is 0 Å². The average molecular weight is 258 g/mol. The highest BCUT2D eigenvalue weighted by atomic mass is 32.2. The standard InChI is InChI=1S/C11H18N2O3S/c1-8(7-17(3)15)12-6-9-4-5-10(13-9)11(14)16-2/h4-5,8,12-13H,6-7H2,1-3H3. The number of ether oxygens (including phenoxy) is 1. The van der Waals surface area contributed by atoms with Crippen LogP contribution in [0.4, 0.5) is 0 Å². The van der Waals surface area contributed by atoms with Crippen molar-refractivity contribution in [2.75, 3.05) is 19.1 Å². The Hall–Kier alpha value is -1.14. The number of aromatic nitrogens is 1. The third kappa shape index (κ3) is 4.70. The predicted octanol–water partition coefficient (Wildman–Crippen LogP) is 0.658. The summed E-state index contributed by atoms with van der Waals surface area (Å²) in [5, 5.41) is 3.22. The zero-order valence-electron chi connectivity index (χ0n) is 10.3. The fourth-order valence-electron chi connectivity index (χ4n) is 1.47. The van der Waals surface area contributed by atoms with Crippen molar-refractivity contribution in [2.24, 2.45) is 0 Å². The van der Waals surface area contributed by atoms with Gasteiger partial charge in [0.2, 0.25) is 0 Å². The fourth-order valence-corrected chi connectivity index (χ4v) is 2.29. The molecule has 0 bridgehead atoms. The van der Waals surface area contributed by atoms with E-state index in [1.54, 1.807) is 12.3 Å². The number of methoxy groups -OCH3 is 1. The van der Waals surface area contributed by atoms with Gasteiger partial charge in [0, 0.05) is 41.1 Å². The molecule has 0 saturated heterocycles. The Morgan fingerprint density at radius 1 is 1.59 bits per heavy atom. The third-order valence-corrected chi connectivity index (χ3v) is 3.25. The highest BCUT2D eigenvalue weighted by molar-refractivity contribution is 7.84. The van der Waals surface area contributed by atoms with Crippen LogP contribution in [0.25, 0.3) is 0 Å². The second-order valence-corrected chi connectivity index (χ2v) is 5.39. The van der Waals surface area contributed by atoms with Gasteiger partial charge in [0.05, 0.1) is 7.11 Å². The number of carbonyl (C=O) groups excluding carboxylic acids is 1. The number of carbonyl (C=O) groups is 1. The van der Waals surface area contributed by atoms with Crippen LogP contribution in [0.15, 0.2) is 12.1 Å². The van der Waals surface area contributed by atoms with E-state index in [1.807, 2.05) is 13.0 Å². The summed E-state index contributed by atoms with van der Waals surface area (Å²) in [6.07, 6.45) is 1.68. The summed E-state index contributed by atoms with van der Waals surface area (Å²) in [6.45, 7) is 2.58. The molecule has 0 aliphatic heterocycles. The lowest BCUT2D eigenvalue weighted by atomic mass is 10.3. The Bertz CT molecular complexity index is 403. The second kappa shape index (κ2) is 6.56. The quantitative estimate of drug-likeness (QED) is 0.735. The Labute approximate surface area is 103 Å². The molecule has 6 heteroatoms. The van der Waals surface area contributed by atoms with E-state index in [1.165, 1.54) is 7.11 Å². The Kier molecular flexibility index (Phi) is 5.37. The molecule has 2 N–H and O–H groups in total. The Balaban J connectivity index is 2.44. The highest BCUT2D eigenvalue weighted by Crippen LogP contribution is 2.03. The van der Waals surface area contributed by atoms with Gasteiger partial charge in [-0.1, -0.05) is 0 Å². The van der Waals surface area contributed by atoms with Crippen molar-refractivity contribution in [1.82, 2.24) is 10.3 Å². The average Bonchev–Trinajstić information content (AvgIpc) is 2.73. The minimum Gasteiger partial charge on any atom is -0.464 e. The second-order valence-electron chi connectivity index (χ2n) is 3.91. The van der Waals surface area contributed by atoms with Gasteiger partial charge in [-0.25, -0.2) is 4.79 Å². The monoisotopic (exact) mass is 258 g/mol. The first-order chi connectivity index (χ1) is 8.02. The van der Waals surface area contributed by atoms with Crippen LogP contribution in [-0.4, -0.2) is 40.3 Å². The smallest absolute Gasteiger partial charge is 0.354 e. The summed E-state index contributed by atoms with van der Waals surface area (Å²) >= 11 is 0.